The molecular weight excluding hydrogens is 350 g/mol. The van der Waals surface area contributed by atoms with Crippen molar-refractivity contribution in [2.45, 2.75) is 10.9 Å². The molecule has 0 radical (unpaired) electrons. The van der Waals surface area contributed by atoms with Crippen LogP contribution in [0.15, 0.2) is 65.0 Å². The molecule has 1 heterocycles. The lowest BCUT2D eigenvalue weighted by Gasteiger charge is -2.03. The van der Waals surface area contributed by atoms with Crippen LogP contribution in [0, 0.1) is 0 Å². The molecule has 1 aromatic heterocycles. The summed E-state index contributed by atoms with van der Waals surface area (Å²) in [7, 11) is 1.67. The topological polar surface area (TPSA) is 47.0 Å². The third-order valence-electron chi connectivity index (χ3n) is 3.42. The smallest absolute Gasteiger partial charge is 0.206 e. The van der Waals surface area contributed by atoms with Crippen molar-refractivity contribution < 1.29 is 4.74 Å². The minimum atomic E-state index is 0.719. The Morgan fingerprint density at radius 1 is 1.08 bits per heavy atom. The summed E-state index contributed by atoms with van der Waals surface area (Å²) >= 11 is 3.27. The van der Waals surface area contributed by atoms with Gasteiger partial charge in [-0.3, -0.25) is 0 Å². The van der Waals surface area contributed by atoms with Crippen molar-refractivity contribution in [2.75, 3.05) is 18.2 Å². The van der Waals surface area contributed by atoms with E-state index in [1.54, 1.807) is 30.2 Å². The monoisotopic (exact) mass is 369 g/mol. The van der Waals surface area contributed by atoms with Gasteiger partial charge in [0.1, 0.15) is 5.75 Å². The van der Waals surface area contributed by atoms with Crippen LogP contribution in [0.2, 0.25) is 0 Å². The zero-order valence-electron chi connectivity index (χ0n) is 13.9. The van der Waals surface area contributed by atoms with Crippen LogP contribution in [0.1, 0.15) is 11.1 Å². The molecule has 0 spiro atoms. The van der Waals surface area contributed by atoms with Crippen LogP contribution in [0.3, 0.4) is 0 Å². The highest BCUT2D eigenvalue weighted by molar-refractivity contribution is 8.01. The van der Waals surface area contributed by atoms with Gasteiger partial charge in [-0.1, -0.05) is 77.7 Å². The highest BCUT2D eigenvalue weighted by Crippen LogP contribution is 2.26. The van der Waals surface area contributed by atoms with E-state index in [1.165, 1.54) is 11.1 Å². The van der Waals surface area contributed by atoms with Crippen molar-refractivity contribution in [1.29, 1.82) is 0 Å². The summed E-state index contributed by atoms with van der Waals surface area (Å²) < 4.78 is 6.13. The second kappa shape index (κ2) is 9.25. The average Bonchev–Trinajstić information content (AvgIpc) is 3.13. The van der Waals surface area contributed by atoms with E-state index in [-0.39, 0.29) is 0 Å². The fourth-order valence-corrected chi connectivity index (χ4v) is 3.71. The van der Waals surface area contributed by atoms with Crippen LogP contribution in [-0.2, 0) is 6.54 Å². The van der Waals surface area contributed by atoms with Gasteiger partial charge in [-0.05, 0) is 23.3 Å². The van der Waals surface area contributed by atoms with E-state index in [4.69, 9.17) is 4.74 Å². The molecule has 0 amide bonds. The molecular formula is C19H19N3OS2. The standard InChI is InChI=1S/C19H19N3OS2/c1-23-17-11-9-16(10-12-17)14-20-18-21-22-19(25-18)24-13-5-8-15-6-3-2-4-7-15/h2-12H,13-14H2,1H3,(H,20,21)/b8-5+. The second-order valence-corrected chi connectivity index (χ2v) is 7.44. The summed E-state index contributed by atoms with van der Waals surface area (Å²) in [5.41, 5.74) is 2.39. The van der Waals surface area contributed by atoms with Gasteiger partial charge in [-0.2, -0.15) is 0 Å². The largest absolute Gasteiger partial charge is 0.497 e. The Hall–Kier alpha value is -2.31. The molecule has 4 nitrogen and oxygen atoms in total. The molecule has 0 aliphatic rings. The zero-order chi connectivity index (χ0) is 17.3. The molecule has 3 aromatic rings. The van der Waals surface area contributed by atoms with Crippen LogP contribution in [-0.4, -0.2) is 23.1 Å². The first kappa shape index (κ1) is 17.5. The Labute approximate surface area is 156 Å². The summed E-state index contributed by atoms with van der Waals surface area (Å²) in [6, 6.07) is 18.3. The number of nitrogens with zero attached hydrogens (tertiary/aromatic N) is 2. The van der Waals surface area contributed by atoms with Crippen LogP contribution >= 0.6 is 23.1 Å². The van der Waals surface area contributed by atoms with Gasteiger partial charge >= 0.3 is 0 Å². The van der Waals surface area contributed by atoms with Crippen molar-refractivity contribution in [3.8, 4) is 5.75 Å². The number of thioether (sulfide) groups is 1. The number of anilines is 1. The molecule has 6 heteroatoms. The number of methoxy groups -OCH3 is 1. The molecule has 0 saturated carbocycles. The van der Waals surface area contributed by atoms with Gasteiger partial charge in [-0.25, -0.2) is 0 Å². The summed E-state index contributed by atoms with van der Waals surface area (Å²) in [4.78, 5) is 0. The molecule has 0 aliphatic carbocycles. The van der Waals surface area contributed by atoms with Gasteiger partial charge in [0.05, 0.1) is 7.11 Å². The molecule has 0 bridgehead atoms. The Kier molecular flexibility index (Phi) is 6.48. The number of rotatable bonds is 8. The number of ether oxygens (including phenoxy) is 1. The van der Waals surface area contributed by atoms with Gasteiger partial charge in [0.2, 0.25) is 5.13 Å². The van der Waals surface area contributed by atoms with E-state index in [9.17, 15) is 0 Å². The van der Waals surface area contributed by atoms with Gasteiger partial charge in [0, 0.05) is 12.3 Å². The maximum atomic E-state index is 5.16. The van der Waals surface area contributed by atoms with Gasteiger partial charge in [-0.15, -0.1) is 10.2 Å². The first-order valence-corrected chi connectivity index (χ1v) is 9.68. The molecule has 3 rings (SSSR count). The summed E-state index contributed by atoms with van der Waals surface area (Å²) in [5, 5.41) is 12.6. The minimum absolute atomic E-state index is 0.719. The molecule has 0 unspecified atom stereocenters. The molecule has 0 fully saturated rings. The Morgan fingerprint density at radius 2 is 1.88 bits per heavy atom. The van der Waals surface area contributed by atoms with E-state index >= 15 is 0 Å². The van der Waals surface area contributed by atoms with Crippen LogP contribution in [0.5, 0.6) is 5.75 Å². The van der Waals surface area contributed by atoms with Crippen molar-refractivity contribution in [3.05, 3.63) is 71.8 Å². The lowest BCUT2D eigenvalue weighted by molar-refractivity contribution is 0.414. The average molecular weight is 370 g/mol. The number of aromatic nitrogens is 2. The van der Waals surface area contributed by atoms with E-state index in [0.29, 0.717) is 0 Å². The second-order valence-electron chi connectivity index (χ2n) is 5.20. The number of nitrogens with one attached hydrogen (secondary N) is 1. The third-order valence-corrected chi connectivity index (χ3v) is 5.39. The Bertz CT molecular complexity index is 801. The van der Waals surface area contributed by atoms with Crippen LogP contribution < -0.4 is 10.1 Å². The predicted octanol–water partition coefficient (Wildman–Crippen LogP) is 4.96. The molecule has 0 atom stereocenters. The minimum Gasteiger partial charge on any atom is -0.497 e. The normalized spacial score (nSPS) is 10.9. The lowest BCUT2D eigenvalue weighted by atomic mass is 10.2. The Balaban J connectivity index is 1.44. The van der Waals surface area contributed by atoms with Crippen LogP contribution in [0.25, 0.3) is 6.08 Å². The number of hydrogen-bond donors (Lipinski definition) is 1. The van der Waals surface area contributed by atoms with Crippen LogP contribution in [0.4, 0.5) is 5.13 Å². The maximum absolute atomic E-state index is 5.16. The summed E-state index contributed by atoms with van der Waals surface area (Å²) in [6.45, 7) is 0.719. The molecule has 128 valence electrons. The Morgan fingerprint density at radius 3 is 2.64 bits per heavy atom. The van der Waals surface area contributed by atoms with Gasteiger partial charge < -0.3 is 10.1 Å². The molecule has 25 heavy (non-hydrogen) atoms. The zero-order valence-corrected chi connectivity index (χ0v) is 15.5. The van der Waals surface area contributed by atoms with E-state index < -0.39 is 0 Å². The SMILES string of the molecule is COc1ccc(CNc2nnc(SC/C=C/c3ccccc3)s2)cc1. The van der Waals surface area contributed by atoms with Crippen molar-refractivity contribution in [2.24, 2.45) is 0 Å². The number of hydrogen-bond acceptors (Lipinski definition) is 6. The van der Waals surface area contributed by atoms with E-state index in [2.05, 4.69) is 39.8 Å². The quantitative estimate of drug-likeness (QED) is 0.568. The van der Waals surface area contributed by atoms with Crippen molar-refractivity contribution >= 4 is 34.3 Å². The third kappa shape index (κ3) is 5.62. The first-order chi connectivity index (χ1) is 12.3. The maximum Gasteiger partial charge on any atom is 0.206 e. The van der Waals surface area contributed by atoms with Gasteiger partial charge in [0.15, 0.2) is 4.34 Å². The summed E-state index contributed by atoms with van der Waals surface area (Å²) in [5.74, 6) is 1.74. The fraction of sp³-hybridized carbons (Fsp3) is 0.158. The highest BCUT2D eigenvalue weighted by atomic mass is 32.2. The number of benzene rings is 2. The lowest BCUT2D eigenvalue weighted by Crippen LogP contribution is -1.98. The molecule has 0 aliphatic heterocycles. The van der Waals surface area contributed by atoms with E-state index in [1.807, 2.05) is 42.5 Å². The molecule has 0 saturated heterocycles. The van der Waals surface area contributed by atoms with Crippen molar-refractivity contribution in [3.63, 3.8) is 0 Å². The predicted molar refractivity (Wildman–Crippen MR) is 106 cm³/mol. The molecule has 1 N–H and O–H groups in total. The molecule has 2 aromatic carbocycles. The fourth-order valence-electron chi connectivity index (χ4n) is 2.13. The first-order valence-electron chi connectivity index (χ1n) is 7.88. The van der Waals surface area contributed by atoms with Crippen molar-refractivity contribution in [1.82, 2.24) is 10.2 Å². The van der Waals surface area contributed by atoms with E-state index in [0.717, 1.165) is 27.5 Å². The summed E-state index contributed by atoms with van der Waals surface area (Å²) in [6.07, 6.45) is 4.27. The van der Waals surface area contributed by atoms with Gasteiger partial charge in [0.25, 0.3) is 0 Å². The highest BCUT2D eigenvalue weighted by Gasteiger charge is 2.04.